The van der Waals surface area contributed by atoms with Crippen molar-refractivity contribution < 1.29 is 24.2 Å². The molecule has 0 aromatic carbocycles. The zero-order valence-electron chi connectivity index (χ0n) is 12.1. The third-order valence-corrected chi connectivity index (χ3v) is 8.60. The molecule has 0 unspecified atom stereocenters. The number of carbonyl (C=O) groups is 2. The maximum absolute atomic E-state index is 11.3. The molecule has 2 N–H and O–H groups in total. The van der Waals surface area contributed by atoms with Gasteiger partial charge in [-0.3, -0.25) is 4.90 Å². The van der Waals surface area contributed by atoms with Crippen LogP contribution in [0.2, 0.25) is 18.1 Å². The quantitative estimate of drug-likeness (QED) is 0.778. The predicted molar refractivity (Wildman–Crippen MR) is 72.8 cm³/mol. The van der Waals surface area contributed by atoms with E-state index in [0.717, 1.165) is 4.90 Å². The van der Waals surface area contributed by atoms with E-state index in [1.807, 2.05) is 13.1 Å². The smallest absolute Gasteiger partial charge is 0.408 e. The molecule has 0 aliphatic carbocycles. The first kappa shape index (κ1) is 16.0. The number of rotatable bonds is 3. The average Bonchev–Trinajstić information content (AvgIpc) is 2.58. The fourth-order valence-electron chi connectivity index (χ4n) is 1.95. The van der Waals surface area contributed by atoms with Crippen LogP contribution in [0.3, 0.4) is 0 Å². The van der Waals surface area contributed by atoms with Crippen molar-refractivity contribution in [2.45, 2.75) is 57.5 Å². The number of hydrogen-bond acceptors (Lipinski definition) is 3. The molecule has 1 saturated heterocycles. The number of likely N-dealkylation sites (tertiary alicyclic amines) is 1. The number of nitrogens with zero attached hydrogens (tertiary/aromatic N) is 1. The molecular formula is C12H23NO5Si. The van der Waals surface area contributed by atoms with Crippen LogP contribution >= 0.6 is 0 Å². The lowest BCUT2D eigenvalue weighted by Crippen LogP contribution is -2.51. The van der Waals surface area contributed by atoms with Crippen LogP contribution in [-0.4, -0.2) is 54.2 Å². The van der Waals surface area contributed by atoms with E-state index in [0.29, 0.717) is 6.42 Å². The van der Waals surface area contributed by atoms with Crippen molar-refractivity contribution in [1.29, 1.82) is 0 Å². The van der Waals surface area contributed by atoms with E-state index in [4.69, 9.17) is 9.53 Å². The van der Waals surface area contributed by atoms with Crippen molar-refractivity contribution >= 4 is 20.4 Å². The number of aliphatic carboxylic acids is 1. The Balaban J connectivity index is 2.90. The summed E-state index contributed by atoms with van der Waals surface area (Å²) >= 11 is 0. The highest BCUT2D eigenvalue weighted by atomic mass is 28.4. The summed E-state index contributed by atoms with van der Waals surface area (Å²) in [6, 6.07) is -1.09. The summed E-state index contributed by atoms with van der Waals surface area (Å²) in [5, 5.41) is 18.2. The molecule has 0 aromatic heterocycles. The van der Waals surface area contributed by atoms with Gasteiger partial charge in [-0.1, -0.05) is 20.8 Å². The molecule has 1 fully saturated rings. The van der Waals surface area contributed by atoms with Crippen LogP contribution in [0.1, 0.15) is 27.2 Å². The van der Waals surface area contributed by atoms with Crippen molar-refractivity contribution in [3.05, 3.63) is 0 Å². The zero-order valence-corrected chi connectivity index (χ0v) is 13.1. The van der Waals surface area contributed by atoms with Crippen molar-refractivity contribution in [3.8, 4) is 0 Å². The Kier molecular flexibility index (Phi) is 4.31. The van der Waals surface area contributed by atoms with Gasteiger partial charge < -0.3 is 14.6 Å². The molecule has 110 valence electrons. The average molecular weight is 289 g/mol. The second-order valence-corrected chi connectivity index (χ2v) is 11.2. The molecule has 0 radical (unpaired) electrons. The normalized spacial score (nSPS) is 24.6. The van der Waals surface area contributed by atoms with Crippen LogP contribution in [0.15, 0.2) is 0 Å². The Bertz CT molecular complexity index is 377. The van der Waals surface area contributed by atoms with Gasteiger partial charge >= 0.3 is 12.1 Å². The molecule has 1 heterocycles. The molecule has 1 aliphatic heterocycles. The largest absolute Gasteiger partial charge is 0.480 e. The SMILES string of the molecule is CC(C)(C)[Si](C)(C)O[C@H]1CCN(C(=O)O)[C@H]1C(=O)O. The minimum absolute atomic E-state index is 0.0350. The summed E-state index contributed by atoms with van der Waals surface area (Å²) in [4.78, 5) is 23.3. The number of hydrogen-bond donors (Lipinski definition) is 2. The first-order valence-corrected chi connectivity index (χ1v) is 9.28. The van der Waals surface area contributed by atoms with Gasteiger partial charge in [-0.15, -0.1) is 0 Å². The highest BCUT2D eigenvalue weighted by Gasteiger charge is 2.48. The van der Waals surface area contributed by atoms with E-state index in [1.165, 1.54) is 0 Å². The number of carboxylic acids is 1. The van der Waals surface area contributed by atoms with E-state index >= 15 is 0 Å². The van der Waals surface area contributed by atoms with E-state index in [2.05, 4.69) is 20.8 Å². The van der Waals surface area contributed by atoms with Crippen molar-refractivity contribution in [2.75, 3.05) is 6.54 Å². The molecule has 6 nitrogen and oxygen atoms in total. The highest BCUT2D eigenvalue weighted by molar-refractivity contribution is 6.74. The zero-order chi connectivity index (χ0) is 15.0. The van der Waals surface area contributed by atoms with Gasteiger partial charge in [0.05, 0.1) is 6.10 Å². The summed E-state index contributed by atoms with van der Waals surface area (Å²) in [6.07, 6.45) is -1.31. The lowest BCUT2D eigenvalue weighted by Gasteiger charge is -2.39. The third kappa shape index (κ3) is 3.27. The van der Waals surface area contributed by atoms with E-state index in [-0.39, 0.29) is 11.6 Å². The van der Waals surface area contributed by atoms with Gasteiger partial charge in [0.15, 0.2) is 14.4 Å². The van der Waals surface area contributed by atoms with Gasteiger partial charge in [-0.2, -0.15) is 0 Å². The van der Waals surface area contributed by atoms with E-state index in [1.54, 1.807) is 0 Å². The van der Waals surface area contributed by atoms with E-state index in [9.17, 15) is 14.7 Å². The van der Waals surface area contributed by atoms with Crippen LogP contribution in [0.4, 0.5) is 4.79 Å². The molecule has 0 saturated carbocycles. The van der Waals surface area contributed by atoms with Crippen LogP contribution in [-0.2, 0) is 9.22 Å². The Hall–Kier alpha value is -1.08. The van der Waals surface area contributed by atoms with Gasteiger partial charge in [-0.25, -0.2) is 9.59 Å². The lowest BCUT2D eigenvalue weighted by atomic mass is 10.2. The summed E-state index contributed by atoms with van der Waals surface area (Å²) in [6.45, 7) is 10.5. The minimum atomic E-state index is -2.10. The Morgan fingerprint density at radius 2 is 1.79 bits per heavy atom. The summed E-state index contributed by atoms with van der Waals surface area (Å²) in [5.41, 5.74) is 0. The molecule has 7 heteroatoms. The second kappa shape index (κ2) is 5.13. The standard InChI is InChI=1S/C12H23NO5Si/c1-12(2,3)19(4,5)18-8-6-7-13(11(16)17)9(8)10(14)15/h8-9H,6-7H2,1-5H3,(H,14,15)(H,16,17)/t8-,9+/m0/s1. The molecule has 1 aliphatic rings. The second-order valence-electron chi connectivity index (χ2n) is 6.46. The van der Waals surface area contributed by atoms with Crippen LogP contribution < -0.4 is 0 Å². The maximum Gasteiger partial charge on any atom is 0.408 e. The van der Waals surface area contributed by atoms with Gasteiger partial charge in [0.2, 0.25) is 0 Å². The summed E-state index contributed by atoms with van der Waals surface area (Å²) in [7, 11) is -2.10. The highest BCUT2D eigenvalue weighted by Crippen LogP contribution is 2.39. The van der Waals surface area contributed by atoms with Gasteiger partial charge in [0.25, 0.3) is 0 Å². The summed E-state index contributed by atoms with van der Waals surface area (Å²) in [5.74, 6) is -1.14. The Morgan fingerprint density at radius 1 is 1.26 bits per heavy atom. The number of amides is 1. The molecule has 0 spiro atoms. The monoisotopic (exact) mass is 289 g/mol. The maximum atomic E-state index is 11.3. The van der Waals surface area contributed by atoms with Crippen LogP contribution in [0.5, 0.6) is 0 Å². The minimum Gasteiger partial charge on any atom is -0.480 e. The lowest BCUT2D eigenvalue weighted by molar-refractivity contribution is -0.144. The molecule has 1 amide bonds. The van der Waals surface area contributed by atoms with Crippen molar-refractivity contribution in [3.63, 3.8) is 0 Å². The summed E-state index contributed by atoms with van der Waals surface area (Å²) < 4.78 is 6.07. The molecule has 0 bridgehead atoms. The fraction of sp³-hybridized carbons (Fsp3) is 0.833. The number of carboxylic acid groups (broad SMARTS) is 2. The van der Waals surface area contributed by atoms with Crippen molar-refractivity contribution in [2.24, 2.45) is 0 Å². The Morgan fingerprint density at radius 3 is 2.16 bits per heavy atom. The molecular weight excluding hydrogens is 266 g/mol. The molecule has 19 heavy (non-hydrogen) atoms. The van der Waals surface area contributed by atoms with E-state index < -0.39 is 32.5 Å². The first-order chi connectivity index (χ1) is 8.47. The predicted octanol–water partition coefficient (Wildman–Crippen LogP) is 2.21. The molecule has 1 rings (SSSR count). The van der Waals surface area contributed by atoms with Gasteiger partial charge in [0.1, 0.15) is 0 Å². The molecule has 2 atom stereocenters. The van der Waals surface area contributed by atoms with Gasteiger partial charge in [-0.05, 0) is 24.6 Å². The van der Waals surface area contributed by atoms with Crippen molar-refractivity contribution in [1.82, 2.24) is 4.90 Å². The van der Waals surface area contributed by atoms with Crippen LogP contribution in [0, 0.1) is 0 Å². The Labute approximate surface area is 114 Å². The third-order valence-electron chi connectivity index (χ3n) is 4.09. The van der Waals surface area contributed by atoms with Crippen LogP contribution in [0.25, 0.3) is 0 Å². The van der Waals surface area contributed by atoms with Gasteiger partial charge in [0, 0.05) is 6.54 Å². The fourth-order valence-corrected chi connectivity index (χ4v) is 3.31. The first-order valence-electron chi connectivity index (χ1n) is 6.37. The topological polar surface area (TPSA) is 87.1 Å². The molecule has 0 aromatic rings.